The van der Waals surface area contributed by atoms with E-state index in [1.807, 2.05) is 6.20 Å². The van der Waals surface area contributed by atoms with Gasteiger partial charge in [0.25, 0.3) is 0 Å². The SMILES string of the molecule is Cc1ccn2c(C3CCCCN3C)ncc2c1. The van der Waals surface area contributed by atoms with Crippen molar-refractivity contribution in [1.29, 1.82) is 0 Å². The van der Waals surface area contributed by atoms with Crippen LogP contribution in [-0.2, 0) is 0 Å². The summed E-state index contributed by atoms with van der Waals surface area (Å²) in [6, 6.07) is 4.83. The molecule has 90 valence electrons. The Morgan fingerprint density at radius 2 is 2.24 bits per heavy atom. The predicted octanol–water partition coefficient (Wildman–Crippen LogP) is 2.80. The van der Waals surface area contributed by atoms with Crippen molar-refractivity contribution in [3.05, 3.63) is 35.9 Å². The van der Waals surface area contributed by atoms with Crippen molar-refractivity contribution >= 4 is 5.52 Å². The first-order valence-corrected chi connectivity index (χ1v) is 6.39. The van der Waals surface area contributed by atoms with Crippen LogP contribution in [0.2, 0.25) is 0 Å². The van der Waals surface area contributed by atoms with Gasteiger partial charge >= 0.3 is 0 Å². The highest BCUT2D eigenvalue weighted by Gasteiger charge is 2.24. The second-order valence-corrected chi connectivity index (χ2v) is 5.11. The van der Waals surface area contributed by atoms with Gasteiger partial charge in [0.05, 0.1) is 17.8 Å². The summed E-state index contributed by atoms with van der Waals surface area (Å²) in [5.74, 6) is 1.20. The van der Waals surface area contributed by atoms with Gasteiger partial charge in [-0.15, -0.1) is 0 Å². The first kappa shape index (κ1) is 10.8. The zero-order valence-electron chi connectivity index (χ0n) is 10.6. The van der Waals surface area contributed by atoms with E-state index in [1.54, 1.807) is 0 Å². The van der Waals surface area contributed by atoms with Crippen LogP contribution >= 0.6 is 0 Å². The molecule has 1 saturated heterocycles. The molecule has 0 aliphatic carbocycles. The van der Waals surface area contributed by atoms with Crippen LogP contribution in [0.3, 0.4) is 0 Å². The summed E-state index contributed by atoms with van der Waals surface area (Å²) in [4.78, 5) is 7.06. The molecular formula is C14H19N3. The minimum atomic E-state index is 0.481. The van der Waals surface area contributed by atoms with Crippen LogP contribution in [0.1, 0.15) is 36.7 Å². The Hall–Kier alpha value is -1.35. The Balaban J connectivity index is 2.05. The topological polar surface area (TPSA) is 20.5 Å². The van der Waals surface area contributed by atoms with Gasteiger partial charge in [-0.2, -0.15) is 0 Å². The van der Waals surface area contributed by atoms with E-state index in [-0.39, 0.29) is 0 Å². The van der Waals surface area contributed by atoms with Crippen molar-refractivity contribution < 1.29 is 0 Å². The number of rotatable bonds is 1. The number of likely N-dealkylation sites (tertiary alicyclic amines) is 1. The van der Waals surface area contributed by atoms with Crippen molar-refractivity contribution in [3.8, 4) is 0 Å². The van der Waals surface area contributed by atoms with E-state index in [0.29, 0.717) is 6.04 Å². The van der Waals surface area contributed by atoms with Gasteiger partial charge in [-0.25, -0.2) is 4.98 Å². The summed E-state index contributed by atoms with van der Waals surface area (Å²) in [6.45, 7) is 3.31. The molecule has 0 saturated carbocycles. The molecule has 3 nitrogen and oxygen atoms in total. The number of aromatic nitrogens is 2. The number of aryl methyl sites for hydroxylation is 1. The molecule has 0 bridgehead atoms. The third-order valence-corrected chi connectivity index (χ3v) is 3.78. The van der Waals surface area contributed by atoms with Crippen LogP contribution in [0.15, 0.2) is 24.5 Å². The maximum atomic E-state index is 4.63. The lowest BCUT2D eigenvalue weighted by Crippen LogP contribution is -2.30. The summed E-state index contributed by atoms with van der Waals surface area (Å²) in [6.07, 6.45) is 7.99. The molecule has 2 aromatic rings. The first-order valence-electron chi connectivity index (χ1n) is 6.39. The van der Waals surface area contributed by atoms with Crippen molar-refractivity contribution in [2.45, 2.75) is 32.2 Å². The zero-order valence-corrected chi connectivity index (χ0v) is 10.6. The molecule has 3 heterocycles. The second kappa shape index (κ2) is 4.15. The number of nitrogens with zero attached hydrogens (tertiary/aromatic N) is 3. The maximum Gasteiger partial charge on any atom is 0.130 e. The number of hydrogen-bond acceptors (Lipinski definition) is 2. The highest BCUT2D eigenvalue weighted by atomic mass is 15.2. The summed E-state index contributed by atoms with van der Waals surface area (Å²) in [5.41, 5.74) is 2.50. The molecule has 1 atom stereocenters. The standard InChI is InChI=1S/C14H19N3/c1-11-6-8-17-12(9-11)10-15-14(17)13-5-3-4-7-16(13)2/h6,8-10,13H,3-5,7H2,1-2H3. The average molecular weight is 229 g/mol. The number of hydrogen-bond donors (Lipinski definition) is 0. The fourth-order valence-corrected chi connectivity index (χ4v) is 2.78. The molecule has 3 heteroatoms. The van der Waals surface area contributed by atoms with E-state index in [9.17, 15) is 0 Å². The molecule has 1 aliphatic rings. The molecule has 0 aromatic carbocycles. The molecule has 1 aliphatic heterocycles. The Kier molecular flexibility index (Phi) is 2.63. The van der Waals surface area contributed by atoms with E-state index in [1.165, 1.54) is 42.7 Å². The van der Waals surface area contributed by atoms with E-state index in [2.05, 4.69) is 46.6 Å². The van der Waals surface area contributed by atoms with Crippen molar-refractivity contribution in [1.82, 2.24) is 14.3 Å². The number of pyridine rings is 1. The predicted molar refractivity (Wildman–Crippen MR) is 69.2 cm³/mol. The molecule has 3 rings (SSSR count). The molecule has 0 N–H and O–H groups in total. The molecular weight excluding hydrogens is 210 g/mol. The van der Waals surface area contributed by atoms with Crippen molar-refractivity contribution in [3.63, 3.8) is 0 Å². The van der Waals surface area contributed by atoms with Gasteiger partial charge in [-0.3, -0.25) is 4.90 Å². The minimum absolute atomic E-state index is 0.481. The van der Waals surface area contributed by atoms with Gasteiger partial charge in [0, 0.05) is 6.20 Å². The van der Waals surface area contributed by atoms with Crippen LogP contribution < -0.4 is 0 Å². The normalized spacial score (nSPS) is 22.1. The molecule has 1 fully saturated rings. The third kappa shape index (κ3) is 1.84. The Labute approximate surface area is 102 Å². The lowest BCUT2D eigenvalue weighted by Gasteiger charge is -2.31. The molecule has 0 spiro atoms. The van der Waals surface area contributed by atoms with Crippen LogP contribution in [0, 0.1) is 6.92 Å². The van der Waals surface area contributed by atoms with E-state index in [0.717, 1.165) is 0 Å². The number of imidazole rings is 1. The highest BCUT2D eigenvalue weighted by molar-refractivity contribution is 5.48. The van der Waals surface area contributed by atoms with Gasteiger partial charge in [0.15, 0.2) is 0 Å². The summed E-state index contributed by atoms with van der Waals surface area (Å²) in [7, 11) is 2.21. The fraction of sp³-hybridized carbons (Fsp3) is 0.500. The molecule has 2 aromatic heterocycles. The molecule has 1 unspecified atom stereocenters. The highest BCUT2D eigenvalue weighted by Crippen LogP contribution is 2.29. The second-order valence-electron chi connectivity index (χ2n) is 5.11. The van der Waals surface area contributed by atoms with Gasteiger partial charge in [-0.1, -0.05) is 6.42 Å². The van der Waals surface area contributed by atoms with Crippen molar-refractivity contribution in [2.24, 2.45) is 0 Å². The van der Waals surface area contributed by atoms with Crippen LogP contribution in [-0.4, -0.2) is 27.9 Å². The Morgan fingerprint density at radius 3 is 3.06 bits per heavy atom. The number of piperidine rings is 1. The van der Waals surface area contributed by atoms with Crippen LogP contribution in [0.4, 0.5) is 0 Å². The largest absolute Gasteiger partial charge is 0.302 e. The zero-order chi connectivity index (χ0) is 11.8. The van der Waals surface area contributed by atoms with Gasteiger partial charge in [0.1, 0.15) is 5.82 Å². The fourth-order valence-electron chi connectivity index (χ4n) is 2.78. The van der Waals surface area contributed by atoms with Crippen LogP contribution in [0.5, 0.6) is 0 Å². The smallest absolute Gasteiger partial charge is 0.130 e. The summed E-state index contributed by atoms with van der Waals surface area (Å²) in [5, 5.41) is 0. The molecule has 17 heavy (non-hydrogen) atoms. The summed E-state index contributed by atoms with van der Waals surface area (Å²) < 4.78 is 2.24. The average Bonchev–Trinajstić information content (AvgIpc) is 2.72. The van der Waals surface area contributed by atoms with Crippen LogP contribution in [0.25, 0.3) is 5.52 Å². The maximum absolute atomic E-state index is 4.63. The summed E-state index contributed by atoms with van der Waals surface area (Å²) >= 11 is 0. The van der Waals surface area contributed by atoms with E-state index in [4.69, 9.17) is 0 Å². The monoisotopic (exact) mass is 229 g/mol. The Bertz CT molecular complexity index is 529. The quantitative estimate of drug-likeness (QED) is 0.749. The molecule has 0 radical (unpaired) electrons. The first-order chi connectivity index (χ1) is 8.25. The number of fused-ring (bicyclic) bond motifs is 1. The van der Waals surface area contributed by atoms with Crippen molar-refractivity contribution in [2.75, 3.05) is 13.6 Å². The van der Waals surface area contributed by atoms with E-state index < -0.39 is 0 Å². The lowest BCUT2D eigenvalue weighted by molar-refractivity contribution is 0.179. The van der Waals surface area contributed by atoms with E-state index >= 15 is 0 Å². The van der Waals surface area contributed by atoms with Gasteiger partial charge < -0.3 is 4.40 Å². The Morgan fingerprint density at radius 1 is 1.35 bits per heavy atom. The van der Waals surface area contributed by atoms with Gasteiger partial charge in [-0.05, 0) is 51.1 Å². The minimum Gasteiger partial charge on any atom is -0.302 e. The molecule has 0 amide bonds. The van der Waals surface area contributed by atoms with Gasteiger partial charge in [0.2, 0.25) is 0 Å². The third-order valence-electron chi connectivity index (χ3n) is 3.78. The lowest BCUT2D eigenvalue weighted by atomic mass is 10.0.